The Balaban J connectivity index is 1.87. The number of methoxy groups -OCH3 is 1. The van der Waals surface area contributed by atoms with Gasteiger partial charge in [-0.15, -0.1) is 0 Å². The van der Waals surface area contributed by atoms with Gasteiger partial charge in [0.15, 0.2) is 0 Å². The molecule has 1 saturated heterocycles. The Bertz CT molecular complexity index is 729. The first-order valence-corrected chi connectivity index (χ1v) is 8.70. The zero-order chi connectivity index (χ0) is 16.0. The van der Waals surface area contributed by atoms with Gasteiger partial charge in [0, 0.05) is 17.0 Å². The van der Waals surface area contributed by atoms with Gasteiger partial charge < -0.3 is 4.74 Å². The monoisotopic (exact) mass is 327 g/mol. The van der Waals surface area contributed by atoms with E-state index in [1.165, 1.54) is 36.1 Å². The molecule has 2 aliphatic rings. The highest BCUT2D eigenvalue weighted by atomic mass is 35.5. The van der Waals surface area contributed by atoms with Crippen molar-refractivity contribution >= 4 is 11.6 Å². The molecule has 23 heavy (non-hydrogen) atoms. The third-order valence-electron chi connectivity index (χ3n) is 5.51. The van der Waals surface area contributed by atoms with Gasteiger partial charge in [-0.3, -0.25) is 4.90 Å². The molecular formula is C20H22ClNO. The molecule has 3 unspecified atom stereocenters. The van der Waals surface area contributed by atoms with Crippen molar-refractivity contribution in [3.63, 3.8) is 0 Å². The third-order valence-corrected chi connectivity index (χ3v) is 5.75. The van der Waals surface area contributed by atoms with Gasteiger partial charge >= 0.3 is 0 Å². The molecule has 3 heteroatoms. The normalized spacial score (nSPS) is 26.7. The van der Waals surface area contributed by atoms with E-state index in [1.54, 1.807) is 7.11 Å². The molecule has 120 valence electrons. The first-order valence-electron chi connectivity index (χ1n) is 8.32. The van der Waals surface area contributed by atoms with Gasteiger partial charge in [-0.05, 0) is 73.3 Å². The fraction of sp³-hybridized carbons (Fsp3) is 0.400. The molecular weight excluding hydrogens is 306 g/mol. The van der Waals surface area contributed by atoms with Gasteiger partial charge in [0.1, 0.15) is 5.75 Å². The van der Waals surface area contributed by atoms with Crippen molar-refractivity contribution in [1.82, 2.24) is 4.90 Å². The van der Waals surface area contributed by atoms with Crippen LogP contribution in [0.4, 0.5) is 0 Å². The number of benzene rings is 2. The summed E-state index contributed by atoms with van der Waals surface area (Å²) < 4.78 is 5.47. The molecule has 0 spiro atoms. The summed E-state index contributed by atoms with van der Waals surface area (Å²) in [6.07, 6.45) is 2.53. The molecule has 2 nitrogen and oxygen atoms in total. The highest BCUT2D eigenvalue weighted by Gasteiger charge is 2.44. The van der Waals surface area contributed by atoms with Crippen LogP contribution in [0, 0.1) is 5.92 Å². The van der Waals surface area contributed by atoms with Crippen LogP contribution in [-0.4, -0.2) is 25.6 Å². The summed E-state index contributed by atoms with van der Waals surface area (Å²) in [5.41, 5.74) is 4.21. The average molecular weight is 328 g/mol. The number of hydrogen-bond acceptors (Lipinski definition) is 2. The van der Waals surface area contributed by atoms with Crippen molar-refractivity contribution < 1.29 is 4.74 Å². The topological polar surface area (TPSA) is 12.5 Å². The molecule has 0 amide bonds. The lowest BCUT2D eigenvalue weighted by Gasteiger charge is -2.37. The maximum atomic E-state index is 6.27. The van der Waals surface area contributed by atoms with Crippen LogP contribution < -0.4 is 4.74 Å². The molecule has 1 aliphatic carbocycles. The van der Waals surface area contributed by atoms with Crippen molar-refractivity contribution in [2.75, 3.05) is 20.7 Å². The van der Waals surface area contributed by atoms with Crippen molar-refractivity contribution in [1.29, 1.82) is 0 Å². The third kappa shape index (κ3) is 2.45. The highest BCUT2D eigenvalue weighted by molar-refractivity contribution is 6.30. The number of rotatable bonds is 2. The van der Waals surface area contributed by atoms with Crippen LogP contribution in [0.5, 0.6) is 5.75 Å². The summed E-state index contributed by atoms with van der Waals surface area (Å²) >= 11 is 6.27. The van der Waals surface area contributed by atoms with Gasteiger partial charge in [0.05, 0.1) is 7.11 Å². The SMILES string of the molecule is COc1ccc2c(c1)C1C(CCCN1C)C2c1cccc(Cl)c1. The van der Waals surface area contributed by atoms with E-state index in [0.29, 0.717) is 17.9 Å². The van der Waals surface area contributed by atoms with Crippen LogP contribution in [-0.2, 0) is 0 Å². The van der Waals surface area contributed by atoms with Crippen molar-refractivity contribution in [2.45, 2.75) is 24.8 Å². The number of likely N-dealkylation sites (tertiary alicyclic amines) is 1. The molecule has 0 aromatic heterocycles. The standard InChI is InChI=1S/C20H22ClNO/c1-22-10-4-7-17-19(13-5-3-6-14(21)11-13)16-9-8-15(23-2)12-18(16)20(17)22/h3,5-6,8-9,11-12,17,19-20H,4,7,10H2,1-2H3. The van der Waals surface area contributed by atoms with Crippen LogP contribution in [0.1, 0.15) is 41.5 Å². The maximum Gasteiger partial charge on any atom is 0.119 e. The van der Waals surface area contributed by atoms with E-state index < -0.39 is 0 Å². The van der Waals surface area contributed by atoms with E-state index in [1.807, 2.05) is 6.07 Å². The van der Waals surface area contributed by atoms with E-state index in [2.05, 4.69) is 48.3 Å². The average Bonchev–Trinajstić information content (AvgIpc) is 2.89. The summed E-state index contributed by atoms with van der Waals surface area (Å²) in [5, 5.41) is 0.824. The van der Waals surface area contributed by atoms with E-state index in [-0.39, 0.29) is 0 Å². The molecule has 2 aromatic carbocycles. The number of halogens is 1. The second-order valence-electron chi connectivity index (χ2n) is 6.76. The van der Waals surface area contributed by atoms with Gasteiger partial charge in [-0.1, -0.05) is 29.8 Å². The summed E-state index contributed by atoms with van der Waals surface area (Å²) in [6, 6.07) is 15.5. The lowest BCUT2D eigenvalue weighted by Crippen LogP contribution is -2.34. The molecule has 0 saturated carbocycles. The fourth-order valence-electron chi connectivity index (χ4n) is 4.59. The molecule has 3 atom stereocenters. The fourth-order valence-corrected chi connectivity index (χ4v) is 4.79. The number of piperidine rings is 1. The van der Waals surface area contributed by atoms with E-state index in [0.717, 1.165) is 10.8 Å². The Kier molecular flexibility index (Phi) is 3.82. The molecule has 2 aromatic rings. The molecule has 1 aliphatic heterocycles. The summed E-state index contributed by atoms with van der Waals surface area (Å²) in [6.45, 7) is 1.17. The molecule has 0 bridgehead atoms. The minimum Gasteiger partial charge on any atom is -0.497 e. The second-order valence-corrected chi connectivity index (χ2v) is 7.20. The number of ether oxygens (including phenoxy) is 1. The Morgan fingerprint density at radius 3 is 2.78 bits per heavy atom. The summed E-state index contributed by atoms with van der Waals surface area (Å²) in [5.74, 6) is 2.00. The zero-order valence-electron chi connectivity index (χ0n) is 13.6. The number of nitrogens with zero attached hydrogens (tertiary/aromatic N) is 1. The Morgan fingerprint density at radius 2 is 2.00 bits per heavy atom. The van der Waals surface area contributed by atoms with Crippen LogP contribution in [0.3, 0.4) is 0 Å². The van der Waals surface area contributed by atoms with E-state index >= 15 is 0 Å². The first kappa shape index (κ1) is 15.0. The van der Waals surface area contributed by atoms with Crippen molar-refractivity contribution in [3.05, 3.63) is 64.2 Å². The zero-order valence-corrected chi connectivity index (χ0v) is 14.4. The van der Waals surface area contributed by atoms with Crippen LogP contribution >= 0.6 is 11.6 Å². The Morgan fingerprint density at radius 1 is 1.13 bits per heavy atom. The van der Waals surface area contributed by atoms with Gasteiger partial charge in [-0.25, -0.2) is 0 Å². The van der Waals surface area contributed by atoms with Crippen molar-refractivity contribution in [2.24, 2.45) is 5.92 Å². The first-order chi connectivity index (χ1) is 11.2. The van der Waals surface area contributed by atoms with E-state index in [9.17, 15) is 0 Å². The largest absolute Gasteiger partial charge is 0.497 e. The summed E-state index contributed by atoms with van der Waals surface area (Å²) in [4.78, 5) is 2.51. The van der Waals surface area contributed by atoms with Crippen molar-refractivity contribution in [3.8, 4) is 5.75 Å². The number of hydrogen-bond donors (Lipinski definition) is 0. The Hall–Kier alpha value is -1.51. The highest BCUT2D eigenvalue weighted by Crippen LogP contribution is 2.55. The molecule has 1 fully saturated rings. The molecule has 4 rings (SSSR count). The lowest BCUT2D eigenvalue weighted by atomic mass is 9.80. The predicted octanol–water partition coefficient (Wildman–Crippen LogP) is 4.88. The summed E-state index contributed by atoms with van der Waals surface area (Å²) in [7, 11) is 3.99. The van der Waals surface area contributed by atoms with Crippen LogP contribution in [0.25, 0.3) is 0 Å². The minimum absolute atomic E-state index is 0.433. The second kappa shape index (κ2) is 5.85. The Labute approximate surface area is 143 Å². The number of fused-ring (bicyclic) bond motifs is 3. The van der Waals surface area contributed by atoms with Crippen LogP contribution in [0.15, 0.2) is 42.5 Å². The van der Waals surface area contributed by atoms with Gasteiger partial charge in [-0.2, -0.15) is 0 Å². The molecule has 1 heterocycles. The van der Waals surface area contributed by atoms with Gasteiger partial charge in [0.2, 0.25) is 0 Å². The molecule has 0 N–H and O–H groups in total. The minimum atomic E-state index is 0.433. The van der Waals surface area contributed by atoms with E-state index in [4.69, 9.17) is 16.3 Å². The maximum absolute atomic E-state index is 6.27. The smallest absolute Gasteiger partial charge is 0.119 e. The molecule has 0 radical (unpaired) electrons. The quantitative estimate of drug-likeness (QED) is 0.779. The predicted molar refractivity (Wildman–Crippen MR) is 94.4 cm³/mol. The van der Waals surface area contributed by atoms with Gasteiger partial charge in [0.25, 0.3) is 0 Å². The van der Waals surface area contributed by atoms with Crippen LogP contribution in [0.2, 0.25) is 5.02 Å². The lowest BCUT2D eigenvalue weighted by molar-refractivity contribution is 0.126.